The van der Waals surface area contributed by atoms with E-state index in [2.05, 4.69) is 27.2 Å². The Morgan fingerprint density at radius 1 is 1.24 bits per heavy atom. The zero-order valence-electron chi connectivity index (χ0n) is 12.0. The molecule has 0 radical (unpaired) electrons. The first-order valence-corrected chi connectivity index (χ1v) is 6.69. The van der Waals surface area contributed by atoms with E-state index in [1.165, 1.54) is 6.33 Å². The van der Waals surface area contributed by atoms with E-state index >= 15 is 0 Å². The van der Waals surface area contributed by atoms with Gasteiger partial charge in [-0.2, -0.15) is 0 Å². The van der Waals surface area contributed by atoms with Gasteiger partial charge >= 0.3 is 0 Å². The number of anilines is 4. The van der Waals surface area contributed by atoms with Gasteiger partial charge < -0.3 is 21.1 Å². The number of nitrogen functional groups attached to an aromatic ring is 1. The van der Waals surface area contributed by atoms with Gasteiger partial charge in [-0.3, -0.25) is 0 Å². The zero-order valence-corrected chi connectivity index (χ0v) is 12.0. The van der Waals surface area contributed by atoms with Gasteiger partial charge in [-0.25, -0.2) is 9.97 Å². The van der Waals surface area contributed by atoms with Crippen LogP contribution in [0.4, 0.5) is 23.0 Å². The molecule has 2 rings (SSSR count). The zero-order chi connectivity index (χ0) is 15.1. The van der Waals surface area contributed by atoms with Gasteiger partial charge in [0, 0.05) is 12.2 Å². The molecule has 0 amide bonds. The minimum atomic E-state index is 0.466. The summed E-state index contributed by atoms with van der Waals surface area (Å²) in [5, 5.41) is 6.22. The van der Waals surface area contributed by atoms with Crippen molar-refractivity contribution in [2.45, 2.75) is 6.92 Å². The fourth-order valence-electron chi connectivity index (χ4n) is 1.74. The number of nitrogens with zero attached hydrogens (tertiary/aromatic N) is 2. The van der Waals surface area contributed by atoms with Crippen molar-refractivity contribution >= 4 is 23.0 Å². The molecule has 110 valence electrons. The van der Waals surface area contributed by atoms with Crippen LogP contribution < -0.4 is 21.1 Å². The monoisotopic (exact) mass is 285 g/mol. The van der Waals surface area contributed by atoms with Crippen molar-refractivity contribution in [3.05, 3.63) is 43.2 Å². The fourth-order valence-corrected chi connectivity index (χ4v) is 1.74. The van der Waals surface area contributed by atoms with E-state index in [9.17, 15) is 0 Å². The summed E-state index contributed by atoms with van der Waals surface area (Å²) in [6.07, 6.45) is 3.19. The molecule has 21 heavy (non-hydrogen) atoms. The van der Waals surface area contributed by atoms with E-state index in [0.717, 1.165) is 11.4 Å². The number of hydrogen-bond donors (Lipinski definition) is 3. The maximum absolute atomic E-state index is 6.04. The van der Waals surface area contributed by atoms with Crippen molar-refractivity contribution in [1.29, 1.82) is 0 Å². The van der Waals surface area contributed by atoms with E-state index < -0.39 is 0 Å². The molecular formula is C15H19N5O. The highest BCUT2D eigenvalue weighted by Crippen LogP contribution is 2.26. The van der Waals surface area contributed by atoms with Crippen molar-refractivity contribution in [2.75, 3.05) is 29.5 Å². The average Bonchev–Trinajstić information content (AvgIpc) is 2.50. The molecular weight excluding hydrogens is 266 g/mol. The van der Waals surface area contributed by atoms with Crippen molar-refractivity contribution < 1.29 is 4.74 Å². The van der Waals surface area contributed by atoms with Crippen molar-refractivity contribution in [2.24, 2.45) is 0 Å². The lowest BCUT2D eigenvalue weighted by atomic mass is 10.3. The SMILES string of the molecule is C=CCNc1ncnc(Nc2ccc(OCC)cc2)c1N. The van der Waals surface area contributed by atoms with Crippen LogP contribution in [-0.2, 0) is 0 Å². The third kappa shape index (κ3) is 3.85. The van der Waals surface area contributed by atoms with Crippen LogP contribution in [0, 0.1) is 0 Å². The van der Waals surface area contributed by atoms with Crippen LogP contribution in [0.3, 0.4) is 0 Å². The summed E-state index contributed by atoms with van der Waals surface area (Å²) < 4.78 is 5.40. The maximum Gasteiger partial charge on any atom is 0.159 e. The summed E-state index contributed by atoms with van der Waals surface area (Å²) in [7, 11) is 0. The molecule has 0 atom stereocenters. The molecule has 1 heterocycles. The molecule has 0 unspecified atom stereocenters. The Morgan fingerprint density at radius 3 is 2.62 bits per heavy atom. The van der Waals surface area contributed by atoms with Crippen LogP contribution in [-0.4, -0.2) is 23.1 Å². The molecule has 6 nitrogen and oxygen atoms in total. The summed E-state index contributed by atoms with van der Waals surface area (Å²) in [6.45, 7) is 6.82. The lowest BCUT2D eigenvalue weighted by molar-refractivity contribution is 0.340. The smallest absolute Gasteiger partial charge is 0.159 e. The summed E-state index contributed by atoms with van der Waals surface area (Å²) in [4.78, 5) is 8.26. The first-order chi connectivity index (χ1) is 10.2. The molecule has 0 spiro atoms. The van der Waals surface area contributed by atoms with Gasteiger partial charge in [0.1, 0.15) is 17.8 Å². The van der Waals surface area contributed by atoms with E-state index in [1.54, 1.807) is 6.08 Å². The van der Waals surface area contributed by atoms with Crippen LogP contribution in [0.5, 0.6) is 5.75 Å². The molecule has 0 aliphatic rings. The van der Waals surface area contributed by atoms with Gasteiger partial charge in [0.15, 0.2) is 11.6 Å². The lowest BCUT2D eigenvalue weighted by Crippen LogP contribution is -2.07. The topological polar surface area (TPSA) is 85.1 Å². The largest absolute Gasteiger partial charge is 0.494 e. The molecule has 1 aromatic carbocycles. The normalized spacial score (nSPS) is 9.95. The Labute approximate surface area is 124 Å². The van der Waals surface area contributed by atoms with Crippen molar-refractivity contribution in [3.8, 4) is 5.75 Å². The van der Waals surface area contributed by atoms with Gasteiger partial charge in [-0.15, -0.1) is 6.58 Å². The molecule has 0 saturated carbocycles. The first kappa shape index (κ1) is 14.6. The van der Waals surface area contributed by atoms with Gasteiger partial charge in [0.2, 0.25) is 0 Å². The molecule has 0 saturated heterocycles. The Balaban J connectivity index is 2.13. The van der Waals surface area contributed by atoms with Gasteiger partial charge in [-0.05, 0) is 31.2 Å². The molecule has 0 bridgehead atoms. The number of benzene rings is 1. The summed E-state index contributed by atoms with van der Waals surface area (Å²) in [5.41, 5.74) is 7.38. The second kappa shape index (κ2) is 7.14. The minimum absolute atomic E-state index is 0.466. The van der Waals surface area contributed by atoms with Crippen LogP contribution in [0.2, 0.25) is 0 Å². The van der Waals surface area contributed by atoms with E-state index in [-0.39, 0.29) is 0 Å². The fraction of sp³-hybridized carbons (Fsp3) is 0.200. The molecule has 2 aromatic rings. The highest BCUT2D eigenvalue weighted by atomic mass is 16.5. The summed E-state index contributed by atoms with van der Waals surface area (Å²) >= 11 is 0. The summed E-state index contributed by atoms with van der Waals surface area (Å²) in [6, 6.07) is 7.59. The van der Waals surface area contributed by atoms with E-state index in [1.807, 2.05) is 31.2 Å². The Morgan fingerprint density at radius 2 is 1.95 bits per heavy atom. The second-order valence-corrected chi connectivity index (χ2v) is 4.24. The van der Waals surface area contributed by atoms with Crippen LogP contribution in [0.15, 0.2) is 43.2 Å². The van der Waals surface area contributed by atoms with Gasteiger partial charge in [0.05, 0.1) is 6.61 Å². The van der Waals surface area contributed by atoms with Crippen molar-refractivity contribution in [3.63, 3.8) is 0 Å². The second-order valence-electron chi connectivity index (χ2n) is 4.24. The number of aromatic nitrogens is 2. The standard InChI is InChI=1S/C15H19N5O/c1-3-9-17-14-13(16)15(19-10-18-14)20-11-5-7-12(8-6-11)21-4-2/h3,5-8,10H,1,4,9,16H2,2H3,(H2,17,18,19,20). The molecule has 6 heteroatoms. The molecule has 0 fully saturated rings. The summed E-state index contributed by atoms with van der Waals surface area (Å²) in [5.74, 6) is 1.96. The molecule has 1 aromatic heterocycles. The number of nitrogens with two attached hydrogens (primary N) is 1. The Bertz CT molecular complexity index is 598. The number of rotatable bonds is 7. The third-order valence-corrected chi connectivity index (χ3v) is 2.73. The van der Waals surface area contributed by atoms with E-state index in [4.69, 9.17) is 10.5 Å². The highest BCUT2D eigenvalue weighted by molar-refractivity contribution is 5.77. The number of hydrogen-bond acceptors (Lipinski definition) is 6. The third-order valence-electron chi connectivity index (χ3n) is 2.73. The predicted octanol–water partition coefficient (Wildman–Crippen LogP) is 2.80. The average molecular weight is 285 g/mol. The Hall–Kier alpha value is -2.76. The highest BCUT2D eigenvalue weighted by Gasteiger charge is 2.07. The Kier molecular flexibility index (Phi) is 4.98. The van der Waals surface area contributed by atoms with Crippen LogP contribution in [0.1, 0.15) is 6.92 Å². The van der Waals surface area contributed by atoms with Crippen LogP contribution >= 0.6 is 0 Å². The molecule has 0 aliphatic heterocycles. The predicted molar refractivity (Wildman–Crippen MR) is 86.0 cm³/mol. The molecule has 0 aliphatic carbocycles. The lowest BCUT2D eigenvalue weighted by Gasteiger charge is -2.12. The maximum atomic E-state index is 6.04. The number of nitrogens with one attached hydrogen (secondary N) is 2. The first-order valence-electron chi connectivity index (χ1n) is 6.69. The number of ether oxygens (including phenoxy) is 1. The van der Waals surface area contributed by atoms with Gasteiger partial charge in [-0.1, -0.05) is 6.08 Å². The minimum Gasteiger partial charge on any atom is -0.494 e. The van der Waals surface area contributed by atoms with Gasteiger partial charge in [0.25, 0.3) is 0 Å². The molecule has 4 N–H and O–H groups in total. The quantitative estimate of drug-likeness (QED) is 0.678. The van der Waals surface area contributed by atoms with Crippen molar-refractivity contribution in [1.82, 2.24) is 9.97 Å². The van der Waals surface area contributed by atoms with Crippen LogP contribution in [0.25, 0.3) is 0 Å². The van der Waals surface area contributed by atoms with E-state index in [0.29, 0.717) is 30.5 Å².